The van der Waals surface area contributed by atoms with Crippen molar-refractivity contribution in [1.82, 2.24) is 10.2 Å². The summed E-state index contributed by atoms with van der Waals surface area (Å²) >= 11 is 0. The topological polar surface area (TPSA) is 181 Å². The van der Waals surface area contributed by atoms with E-state index in [1.165, 1.54) is 5.56 Å². The normalized spacial score (nSPS) is 47.8. The third-order valence-corrected chi connectivity index (χ3v) is 25.1. The van der Waals surface area contributed by atoms with Crippen LogP contribution in [-0.4, -0.2) is 106 Å². The van der Waals surface area contributed by atoms with Gasteiger partial charge in [0.25, 0.3) is 0 Å². The number of epoxide rings is 1. The fourth-order valence-electron chi connectivity index (χ4n) is 22.3. The molecule has 5 saturated heterocycles. The zero-order valence-corrected chi connectivity index (χ0v) is 45.4. The molecule has 15 rings (SSSR count). The lowest BCUT2D eigenvalue weighted by Gasteiger charge is -2.72. The van der Waals surface area contributed by atoms with Crippen LogP contribution in [0, 0.1) is 92.2 Å². The van der Waals surface area contributed by atoms with E-state index in [0.717, 1.165) is 83.8 Å². The number of carbonyl (C=O) groups excluding carboxylic acids is 3. The van der Waals surface area contributed by atoms with Gasteiger partial charge in [-0.2, -0.15) is 0 Å². The molecule has 7 heterocycles. The maximum absolute atomic E-state index is 16.5. The Hall–Kier alpha value is -4.03. The lowest BCUT2D eigenvalue weighted by molar-refractivity contribution is -0.301. The molecule has 5 spiro atoms. The van der Waals surface area contributed by atoms with Gasteiger partial charge >= 0.3 is 11.9 Å². The van der Waals surface area contributed by atoms with Crippen molar-refractivity contribution in [2.75, 3.05) is 26.4 Å². The number of furan rings is 1. The molecule has 1 aromatic carbocycles. The molecule has 7 aliphatic carbocycles. The summed E-state index contributed by atoms with van der Waals surface area (Å²) in [5, 5.41) is 40.4. The molecule has 4 bridgehead atoms. The lowest BCUT2D eigenvalue weighted by atomic mass is 9.30. The first kappa shape index (κ1) is 50.0. The predicted octanol–water partition coefficient (Wildman–Crippen LogP) is 7.57. The van der Waals surface area contributed by atoms with Crippen LogP contribution in [0.25, 0.3) is 0 Å². The summed E-state index contributed by atoms with van der Waals surface area (Å²) in [6.07, 6.45) is 16.1. The Morgan fingerprint density at radius 2 is 1.77 bits per heavy atom. The van der Waals surface area contributed by atoms with E-state index in [9.17, 15) is 20.1 Å². The Bertz CT molecular complexity index is 2850. The van der Waals surface area contributed by atoms with Gasteiger partial charge in [0.05, 0.1) is 55.1 Å². The number of nitrogens with one attached hydrogen (secondary N) is 1. The van der Waals surface area contributed by atoms with E-state index in [4.69, 9.17) is 23.4 Å². The number of esters is 2. The molecule has 20 atom stereocenters. The van der Waals surface area contributed by atoms with Crippen LogP contribution >= 0.6 is 0 Å². The van der Waals surface area contributed by atoms with Crippen molar-refractivity contribution in [1.29, 1.82) is 0 Å². The average Bonchev–Trinajstić information content (AvgIpc) is 1.80. The van der Waals surface area contributed by atoms with Gasteiger partial charge in [0.1, 0.15) is 24.1 Å². The first-order valence-corrected chi connectivity index (χ1v) is 30.1. The number of hydrogen-bond donors (Lipinski definition) is 4. The number of carbonyl (C=O) groups is 3. The van der Waals surface area contributed by atoms with Crippen molar-refractivity contribution in [2.45, 2.75) is 184 Å². The summed E-state index contributed by atoms with van der Waals surface area (Å²) in [5.41, 5.74) is -6.41. The molecule has 0 radical (unpaired) electrons. The summed E-state index contributed by atoms with van der Waals surface area (Å²) in [4.78, 5) is 49.5. The molecule has 77 heavy (non-hydrogen) atoms. The van der Waals surface area contributed by atoms with Crippen molar-refractivity contribution in [2.24, 2.45) is 80.3 Å². The predicted molar refractivity (Wildman–Crippen MR) is 280 cm³/mol. The van der Waals surface area contributed by atoms with Gasteiger partial charge in [0.2, 0.25) is 0 Å². The zero-order chi connectivity index (χ0) is 52.7. The van der Waals surface area contributed by atoms with Crippen LogP contribution in [-0.2, 0) is 51.8 Å². The number of nitrogens with zero attached hydrogens (tertiary/aromatic N) is 1. The number of allylic oxidation sites excluding steroid dienone is 1. The van der Waals surface area contributed by atoms with E-state index in [2.05, 4.69) is 65.5 Å². The number of Topliss-reactive ketones (excluding diaryl/α,β-unsaturated/α-hetero) is 1. The zero-order valence-electron chi connectivity index (χ0n) is 45.4. The monoisotopic (exact) mass is 1050 g/mol. The van der Waals surface area contributed by atoms with Crippen molar-refractivity contribution in [3.8, 4) is 11.8 Å². The van der Waals surface area contributed by atoms with Crippen LogP contribution in [0.4, 0.5) is 0 Å². The second-order valence-corrected chi connectivity index (χ2v) is 28.3. The molecule has 13 nitrogen and oxygen atoms in total. The van der Waals surface area contributed by atoms with Gasteiger partial charge in [-0.3, -0.25) is 14.9 Å². The molecule has 13 aliphatic rings. The second kappa shape index (κ2) is 17.0. The lowest BCUT2D eigenvalue weighted by Crippen LogP contribution is -2.81. The number of aliphatic hydroxyl groups is 3. The highest BCUT2D eigenvalue weighted by molar-refractivity contribution is 5.93. The van der Waals surface area contributed by atoms with Crippen molar-refractivity contribution < 1.29 is 53.1 Å². The van der Waals surface area contributed by atoms with Crippen LogP contribution in [0.5, 0.6) is 0 Å². The number of ether oxygens (including phenoxy) is 4. The highest BCUT2D eigenvalue weighted by Gasteiger charge is 2.96. The Labute approximate surface area is 453 Å². The largest absolute Gasteiger partial charge is 0.469 e. The Morgan fingerprint density at radius 3 is 2.58 bits per heavy atom. The van der Waals surface area contributed by atoms with Crippen LogP contribution in [0.1, 0.15) is 140 Å². The second-order valence-electron chi connectivity index (χ2n) is 28.3. The fraction of sp³-hybridized carbons (Fsp3) is 0.734. The number of aliphatic hydroxyl groups excluding tert-OH is 3. The van der Waals surface area contributed by atoms with Gasteiger partial charge in [-0.15, -0.1) is 0 Å². The van der Waals surface area contributed by atoms with Crippen LogP contribution in [0.15, 0.2) is 59.4 Å². The van der Waals surface area contributed by atoms with Gasteiger partial charge in [0, 0.05) is 46.7 Å². The number of cyclic esters (lactones) is 1. The molecule has 1 aromatic heterocycles. The molecular formula is C64H80N2O11. The summed E-state index contributed by atoms with van der Waals surface area (Å²) in [6.45, 7) is 7.62. The van der Waals surface area contributed by atoms with E-state index < -0.39 is 87.3 Å². The van der Waals surface area contributed by atoms with Gasteiger partial charge in [-0.1, -0.05) is 68.0 Å². The quantitative estimate of drug-likeness (QED) is 0.116. The maximum Gasteiger partial charge on any atom is 0.339 e. The van der Waals surface area contributed by atoms with Crippen molar-refractivity contribution in [3.05, 3.63) is 71.8 Å². The van der Waals surface area contributed by atoms with Crippen LogP contribution in [0.2, 0.25) is 0 Å². The van der Waals surface area contributed by atoms with Gasteiger partial charge in [-0.25, -0.2) is 4.79 Å². The van der Waals surface area contributed by atoms with Crippen molar-refractivity contribution in [3.63, 3.8) is 0 Å². The molecule has 6 aliphatic heterocycles. The van der Waals surface area contributed by atoms with Crippen molar-refractivity contribution >= 4 is 17.7 Å². The molecule has 2 aromatic rings. The summed E-state index contributed by atoms with van der Waals surface area (Å²) in [5.74, 6) is 6.04. The van der Waals surface area contributed by atoms with Gasteiger partial charge < -0.3 is 43.6 Å². The first-order chi connectivity index (χ1) is 37.1. The van der Waals surface area contributed by atoms with Gasteiger partial charge in [-0.05, 0) is 168 Å². The Morgan fingerprint density at radius 1 is 0.935 bits per heavy atom. The molecule has 0 amide bonds. The molecular weight excluding hydrogens is 973 g/mol. The van der Waals surface area contributed by atoms with E-state index >= 15 is 9.59 Å². The summed E-state index contributed by atoms with van der Waals surface area (Å²) in [7, 11) is 0. The minimum absolute atomic E-state index is 0.00258. The van der Waals surface area contributed by atoms with Gasteiger partial charge in [0.15, 0.2) is 17.5 Å². The highest BCUT2D eigenvalue weighted by atomic mass is 16.7. The molecule has 412 valence electrons. The third kappa shape index (κ3) is 6.33. The number of rotatable bonds is 8. The Balaban J connectivity index is 0.891. The molecule has 11 fully saturated rings. The van der Waals surface area contributed by atoms with E-state index in [-0.39, 0.29) is 59.8 Å². The average molecular weight is 1050 g/mol. The highest BCUT2D eigenvalue weighted by Crippen LogP contribution is 2.85. The minimum Gasteiger partial charge on any atom is -0.469 e. The summed E-state index contributed by atoms with van der Waals surface area (Å²) < 4.78 is 35.5. The number of benzene rings is 1. The summed E-state index contributed by atoms with van der Waals surface area (Å²) in [6, 6.07) is 13.0. The number of ketones is 1. The minimum atomic E-state index is -1.55. The smallest absolute Gasteiger partial charge is 0.339 e. The SMILES string of the molecule is CC1(C)O[C@H]2[C@@]3(CCC4(CCCC4)C3)C(=O)OC[C@@]23[C@@H]1C(=O)[C@@H](O)[C@@]12[C@@H]4C[C@@H](Cc5ccccc5)CC[C@H]4C#CC[C@@]4(c5ccoc5C[C@@H]([C@H]5CC[C@@H]6[C@H](C=CN7CNC[C@@H]67)C5)[C@H](O)CO)OC(=O)[C@H]5O[C@@]51[C@@]4(C)CC[C@H]32. The van der Waals surface area contributed by atoms with E-state index in [0.29, 0.717) is 67.7 Å². The Kier molecular flexibility index (Phi) is 11.0. The number of fused-ring (bicyclic) bond motifs is 5. The molecule has 6 saturated carbocycles. The molecule has 13 heteroatoms. The van der Waals surface area contributed by atoms with E-state index in [1.54, 1.807) is 6.26 Å². The van der Waals surface area contributed by atoms with Crippen LogP contribution < -0.4 is 5.32 Å². The number of hydrogen-bond acceptors (Lipinski definition) is 13. The third-order valence-electron chi connectivity index (χ3n) is 25.1. The van der Waals surface area contributed by atoms with E-state index in [1.807, 2.05) is 26.0 Å². The molecule has 0 unspecified atom stereocenters. The maximum atomic E-state index is 16.5. The standard InChI is InChI=1S/C64H80N2O11/c1-57(2)51-50(69)52(70)63-45-29-38(28-37-10-5-4-6-11-37)13-14-39(45)12-9-22-62(44-19-27-73-48(44)31-43(47(68)33-67)40-15-16-42-41(30-40)18-26-66-36-65-32-46(42)66)58(3,64(63)53(75-64)54(71)76-62)23-17-49(63)61(51)35-74-56(72)60(55(61)77-57)25-24-59(34-60)20-7-8-21-59/h4-6,10-11,18-19,26-27,38-43,45-47,49,51-53,55,65,67-68,70H,7-8,13-17,20-25,28-36H2,1-3H3/t38-,39-,40+,41-,42-,43+,45-,46+,47-,49-,51-,52-,53-,55+,58+,60+,61-,62+,63+,64-/m1/s1. The van der Waals surface area contributed by atoms with Crippen LogP contribution in [0.3, 0.4) is 0 Å². The molecule has 4 N–H and O–H groups in total. The fourth-order valence-corrected chi connectivity index (χ4v) is 22.3. The first-order valence-electron chi connectivity index (χ1n) is 30.1.